The average molecular weight is 1080 g/mol. The first-order chi connectivity index (χ1) is 30.0. The van der Waals surface area contributed by atoms with E-state index in [1.807, 2.05) is 38.1 Å². The van der Waals surface area contributed by atoms with Gasteiger partial charge in [0.05, 0.1) is 0 Å². The van der Waals surface area contributed by atoms with Gasteiger partial charge in [0.1, 0.15) is 0 Å². The van der Waals surface area contributed by atoms with Gasteiger partial charge in [-0.15, -0.1) is 29.1 Å². The SMILES string of the molecule is CC(C)[O-].CC(c1cc(C(C)(C)C)cc(C(C)(C)C)c1[O-])c1cc(C(C)(C)C)cc(C(C)(C)C)c1[O-].CC(c1cc(C(C)(C)C)cc(C(C)(C)C)c1[O-])c1cc(C(C)(C)C)cc(C(C)(C)C)c1[O-].[O-2].[O-2].[OH-].[V].[V]. The van der Waals surface area contributed by atoms with E-state index in [1.54, 1.807) is 13.8 Å². The van der Waals surface area contributed by atoms with Crippen LogP contribution >= 0.6 is 0 Å². The van der Waals surface area contributed by atoms with E-state index in [2.05, 4.69) is 190 Å². The molecule has 4 aromatic carbocycles. The fourth-order valence-corrected chi connectivity index (χ4v) is 8.19. The summed E-state index contributed by atoms with van der Waals surface area (Å²) in [5, 5.41) is 64.3. The van der Waals surface area contributed by atoms with Crippen molar-refractivity contribution in [2.75, 3.05) is 0 Å². The van der Waals surface area contributed by atoms with Gasteiger partial charge in [-0.3, -0.25) is 0 Å². The van der Waals surface area contributed by atoms with Gasteiger partial charge in [0, 0.05) is 48.9 Å². The molecule has 0 aliphatic carbocycles. The molecule has 0 aromatic heterocycles. The van der Waals surface area contributed by atoms with Crippen LogP contribution in [0.15, 0.2) is 48.5 Å². The first-order valence-corrected chi connectivity index (χ1v) is 25.1. The van der Waals surface area contributed by atoms with Crippen LogP contribution in [0.5, 0.6) is 23.0 Å². The van der Waals surface area contributed by atoms with Crippen LogP contribution in [0.2, 0.25) is 0 Å². The standard InChI is InChI=1S/2C30H46O2.C3H7O.H2O.2O.2V/c2*1-18(21-14-19(27(2,3)4)16-23(25(21)31)29(8,9)10)22-15-20(28(5,6)7)17-24(26(22)32)30(11,12)13;1-3(2)4;;;;;/h2*14-18,31-32H,1-13H3;3H,1-2H3;1H2;;;;/q;;-1;;2*-2;;/p-5. The fraction of sp³-hybridized carbons (Fsp3) is 0.619. The zero-order chi connectivity index (χ0) is 53.6. The molecule has 0 atom stereocenters. The summed E-state index contributed by atoms with van der Waals surface area (Å²) in [4.78, 5) is 0. The third kappa shape index (κ3) is 19.9. The molecule has 416 valence electrons. The van der Waals surface area contributed by atoms with Crippen molar-refractivity contribution in [3.8, 4) is 23.0 Å². The molecule has 2 radical (unpaired) electrons. The minimum Gasteiger partial charge on any atom is -2.00 e. The second-order valence-corrected chi connectivity index (χ2v) is 28.3. The summed E-state index contributed by atoms with van der Waals surface area (Å²) in [6, 6.07) is 16.5. The van der Waals surface area contributed by atoms with Gasteiger partial charge in [-0.1, -0.05) is 242 Å². The Kier molecular flexibility index (Phi) is 27.7. The van der Waals surface area contributed by atoms with E-state index >= 15 is 0 Å². The van der Waals surface area contributed by atoms with Gasteiger partial charge in [0.15, 0.2) is 0 Å². The molecule has 0 unspecified atom stereocenters. The molecule has 4 rings (SSSR count). The van der Waals surface area contributed by atoms with E-state index < -0.39 is 6.10 Å². The second kappa shape index (κ2) is 26.4. The number of benzene rings is 4. The Hall–Kier alpha value is -2.91. The molecule has 8 nitrogen and oxygen atoms in total. The summed E-state index contributed by atoms with van der Waals surface area (Å²) < 4.78 is 0. The van der Waals surface area contributed by atoms with Crippen molar-refractivity contribution in [2.24, 2.45) is 0 Å². The van der Waals surface area contributed by atoms with E-state index in [4.69, 9.17) is 0 Å². The van der Waals surface area contributed by atoms with Crippen molar-refractivity contribution in [1.82, 2.24) is 0 Å². The molecule has 0 fully saturated rings. The summed E-state index contributed by atoms with van der Waals surface area (Å²) in [6.45, 7) is 58.3. The van der Waals surface area contributed by atoms with Crippen molar-refractivity contribution >= 4 is 0 Å². The Labute approximate surface area is 469 Å². The van der Waals surface area contributed by atoms with Gasteiger partial charge in [0.25, 0.3) is 0 Å². The monoisotopic (exact) mass is 1080 g/mol. The van der Waals surface area contributed by atoms with E-state index in [9.17, 15) is 25.5 Å². The molecule has 0 spiro atoms. The summed E-state index contributed by atoms with van der Waals surface area (Å²) in [5.74, 6) is -0.290. The van der Waals surface area contributed by atoms with Gasteiger partial charge >= 0.3 is 0 Å². The Morgan fingerprint density at radius 2 is 0.411 bits per heavy atom. The quantitative estimate of drug-likeness (QED) is 0.194. The Bertz CT molecular complexity index is 2050. The van der Waals surface area contributed by atoms with Gasteiger partial charge in [-0.05, 0) is 110 Å². The smallest absolute Gasteiger partial charge is 0.00493 e. The molecule has 0 saturated carbocycles. The zero-order valence-corrected chi connectivity index (χ0v) is 53.3. The van der Waals surface area contributed by atoms with E-state index in [0.717, 1.165) is 66.8 Å². The molecule has 0 bridgehead atoms. The molecule has 0 saturated heterocycles. The molecule has 0 aliphatic heterocycles. The number of hydrogen-bond donors (Lipinski definition) is 0. The van der Waals surface area contributed by atoms with Crippen LogP contribution in [0.4, 0.5) is 0 Å². The topological polar surface area (TPSA) is 202 Å². The first kappa shape index (κ1) is 76.6. The van der Waals surface area contributed by atoms with Gasteiger partial charge in [-0.2, -0.15) is 0 Å². The van der Waals surface area contributed by atoms with Gasteiger partial charge in [-0.25, -0.2) is 0 Å². The Balaban J connectivity index is -0.000000570. The average Bonchev–Trinajstić information content (AvgIpc) is 3.10. The Morgan fingerprint density at radius 1 is 0.288 bits per heavy atom. The van der Waals surface area contributed by atoms with Crippen LogP contribution in [0.3, 0.4) is 0 Å². The van der Waals surface area contributed by atoms with Crippen LogP contribution in [0.1, 0.15) is 272 Å². The molecule has 0 aliphatic rings. The summed E-state index contributed by atoms with van der Waals surface area (Å²) in [7, 11) is 0. The van der Waals surface area contributed by atoms with Crippen LogP contribution < -0.4 is 25.5 Å². The van der Waals surface area contributed by atoms with E-state index in [-0.39, 0.29) is 132 Å². The predicted molar refractivity (Wildman–Crippen MR) is 287 cm³/mol. The molecule has 10 heteroatoms. The molecular formula is C63H96O8V2-10. The van der Waals surface area contributed by atoms with Crippen LogP contribution in [-0.2, 0) is 91.4 Å². The fourth-order valence-electron chi connectivity index (χ4n) is 8.19. The maximum Gasteiger partial charge on any atom is 0.00493 e. The van der Waals surface area contributed by atoms with Crippen molar-refractivity contribution in [1.29, 1.82) is 0 Å². The minimum atomic E-state index is -0.417. The Morgan fingerprint density at radius 3 is 0.507 bits per heavy atom. The van der Waals surface area contributed by atoms with Gasteiger partial charge in [0.2, 0.25) is 0 Å². The summed E-state index contributed by atoms with van der Waals surface area (Å²) in [5.41, 5.74) is 9.32. The third-order valence-corrected chi connectivity index (χ3v) is 13.0. The largest absolute Gasteiger partial charge is 2.00 e. The maximum absolute atomic E-state index is 13.7. The predicted octanol–water partition coefficient (Wildman–Crippen LogP) is 13.7. The molecule has 73 heavy (non-hydrogen) atoms. The first-order valence-electron chi connectivity index (χ1n) is 25.1. The van der Waals surface area contributed by atoms with Crippen molar-refractivity contribution < 1.29 is 79.1 Å². The maximum atomic E-state index is 13.7. The molecule has 0 heterocycles. The van der Waals surface area contributed by atoms with Gasteiger partial charge < -0.3 is 42.0 Å². The number of hydrogen-bond acceptors (Lipinski definition) is 6. The zero-order valence-electron chi connectivity index (χ0n) is 50.6. The van der Waals surface area contributed by atoms with Crippen molar-refractivity contribution in [3.05, 3.63) is 115 Å². The van der Waals surface area contributed by atoms with Crippen LogP contribution in [-0.4, -0.2) is 11.6 Å². The van der Waals surface area contributed by atoms with Crippen LogP contribution in [0.25, 0.3) is 0 Å². The molecular weight excluding hydrogens is 987 g/mol. The summed E-state index contributed by atoms with van der Waals surface area (Å²) >= 11 is 0. The van der Waals surface area contributed by atoms with E-state index in [0.29, 0.717) is 0 Å². The summed E-state index contributed by atoms with van der Waals surface area (Å²) in [6.07, 6.45) is -0.417. The third-order valence-electron chi connectivity index (χ3n) is 13.0. The second-order valence-electron chi connectivity index (χ2n) is 28.3. The normalized spacial score (nSPS) is 12.5. The van der Waals surface area contributed by atoms with Crippen molar-refractivity contribution in [3.63, 3.8) is 0 Å². The molecule has 4 aromatic rings. The molecule has 0 amide bonds. The van der Waals surface area contributed by atoms with E-state index in [1.165, 1.54) is 0 Å². The van der Waals surface area contributed by atoms with Crippen LogP contribution in [0, 0.1) is 0 Å². The number of rotatable bonds is 4. The minimum absolute atomic E-state index is 0. The van der Waals surface area contributed by atoms with Crippen molar-refractivity contribution in [2.45, 2.75) is 255 Å². The molecule has 1 N–H and O–H groups in total.